The van der Waals surface area contributed by atoms with Crippen molar-refractivity contribution in [1.29, 1.82) is 0 Å². The number of halogens is 2. The molecule has 2 fully saturated rings. The molecule has 3 heterocycles. The van der Waals surface area contributed by atoms with Gasteiger partial charge in [0.05, 0.1) is 6.04 Å². The van der Waals surface area contributed by atoms with E-state index in [-0.39, 0.29) is 37.7 Å². The van der Waals surface area contributed by atoms with Crippen molar-refractivity contribution in [3.05, 3.63) is 34.9 Å². The molecule has 2 unspecified atom stereocenters. The van der Waals surface area contributed by atoms with Gasteiger partial charge in [0.25, 0.3) is 11.8 Å². The van der Waals surface area contributed by atoms with Crippen molar-refractivity contribution in [3.63, 3.8) is 0 Å². The van der Waals surface area contributed by atoms with Crippen molar-refractivity contribution < 1.29 is 23.2 Å². The number of benzene rings is 1. The second-order valence-corrected chi connectivity index (χ2v) is 7.54. The number of piperidine rings is 2. The molecule has 28 heavy (non-hydrogen) atoms. The first-order chi connectivity index (χ1) is 13.3. The molecule has 0 aromatic heterocycles. The van der Waals surface area contributed by atoms with Crippen LogP contribution in [0, 0.1) is 0 Å². The molecule has 3 amide bonds. The minimum atomic E-state index is -2.76. The summed E-state index contributed by atoms with van der Waals surface area (Å²) < 4.78 is 27.9. The Kier molecular flexibility index (Phi) is 4.88. The summed E-state index contributed by atoms with van der Waals surface area (Å²) >= 11 is 0. The number of hydrogen-bond acceptors (Lipinski definition) is 5. The number of carbonyl (C=O) groups excluding carboxylic acids is 3. The number of amides is 3. The fourth-order valence-corrected chi connectivity index (χ4v) is 4.00. The zero-order valence-electron chi connectivity index (χ0n) is 15.3. The van der Waals surface area contributed by atoms with Gasteiger partial charge in [-0.1, -0.05) is 12.1 Å². The molecule has 2 atom stereocenters. The summed E-state index contributed by atoms with van der Waals surface area (Å²) in [7, 11) is 0. The predicted molar refractivity (Wildman–Crippen MR) is 95.5 cm³/mol. The van der Waals surface area contributed by atoms with Gasteiger partial charge in [0.2, 0.25) is 11.8 Å². The molecule has 0 radical (unpaired) electrons. The summed E-state index contributed by atoms with van der Waals surface area (Å²) in [5, 5.41) is 8.11. The van der Waals surface area contributed by atoms with Crippen LogP contribution in [0.15, 0.2) is 18.2 Å². The number of fused-ring (bicyclic) bond motifs is 1. The van der Waals surface area contributed by atoms with E-state index in [1.807, 2.05) is 6.07 Å². The van der Waals surface area contributed by atoms with Crippen LogP contribution in [0.3, 0.4) is 0 Å². The molecule has 1 aromatic rings. The summed E-state index contributed by atoms with van der Waals surface area (Å²) in [6, 6.07) is 3.69. The summed E-state index contributed by atoms with van der Waals surface area (Å²) in [5.74, 6) is -3.81. The van der Waals surface area contributed by atoms with E-state index in [0.29, 0.717) is 25.1 Å². The van der Waals surface area contributed by atoms with Gasteiger partial charge in [0.15, 0.2) is 0 Å². The van der Waals surface area contributed by atoms with E-state index >= 15 is 0 Å². The predicted octanol–water partition coefficient (Wildman–Crippen LogP) is 0.534. The quantitative estimate of drug-likeness (QED) is 0.651. The summed E-state index contributed by atoms with van der Waals surface area (Å²) in [6.45, 7) is 1.02. The Balaban J connectivity index is 1.44. The zero-order valence-corrected chi connectivity index (χ0v) is 15.3. The van der Waals surface area contributed by atoms with Crippen molar-refractivity contribution in [2.75, 3.05) is 13.1 Å². The van der Waals surface area contributed by atoms with E-state index in [2.05, 4.69) is 16.0 Å². The highest BCUT2D eigenvalue weighted by Crippen LogP contribution is 2.29. The molecule has 3 aliphatic heterocycles. The first-order valence-electron chi connectivity index (χ1n) is 9.43. The molecule has 0 saturated carbocycles. The van der Waals surface area contributed by atoms with Crippen molar-refractivity contribution in [3.8, 4) is 0 Å². The molecule has 1 aromatic carbocycles. The largest absolute Gasteiger partial charge is 0.322 e. The first kappa shape index (κ1) is 18.9. The molecular weight excluding hydrogens is 370 g/mol. The number of hydrogen-bond donors (Lipinski definition) is 3. The average molecular weight is 392 g/mol. The maximum atomic E-state index is 13.9. The average Bonchev–Trinajstić information content (AvgIpc) is 2.97. The smallest absolute Gasteiger partial charge is 0.265 e. The van der Waals surface area contributed by atoms with Gasteiger partial charge in [0.1, 0.15) is 6.04 Å². The van der Waals surface area contributed by atoms with E-state index < -0.39 is 23.9 Å². The number of nitrogens with zero attached hydrogens (tertiary/aromatic N) is 1. The normalized spacial score (nSPS) is 26.9. The number of imide groups is 1. The topological polar surface area (TPSA) is 90.5 Å². The number of nitrogens with one attached hydrogen (secondary N) is 3. The Bertz CT molecular complexity index is 829. The van der Waals surface area contributed by atoms with Crippen LogP contribution in [0.1, 0.15) is 40.7 Å². The fraction of sp³-hybridized carbons (Fsp3) is 0.526. The molecule has 2 saturated heterocycles. The van der Waals surface area contributed by atoms with Crippen molar-refractivity contribution in [2.24, 2.45) is 0 Å². The third-order valence-corrected chi connectivity index (χ3v) is 5.64. The number of carbonyl (C=O) groups is 3. The van der Waals surface area contributed by atoms with Crippen LogP contribution in [0.4, 0.5) is 8.78 Å². The van der Waals surface area contributed by atoms with Gasteiger partial charge in [-0.2, -0.15) is 0 Å². The molecule has 4 rings (SSSR count). The second kappa shape index (κ2) is 7.21. The van der Waals surface area contributed by atoms with Gasteiger partial charge < -0.3 is 15.5 Å². The maximum absolute atomic E-state index is 13.9. The van der Waals surface area contributed by atoms with Gasteiger partial charge in [0, 0.05) is 44.6 Å². The van der Waals surface area contributed by atoms with Crippen molar-refractivity contribution >= 4 is 17.7 Å². The Morgan fingerprint density at radius 1 is 1.25 bits per heavy atom. The number of alkyl halides is 2. The van der Waals surface area contributed by atoms with Gasteiger partial charge >= 0.3 is 0 Å². The highest BCUT2D eigenvalue weighted by Gasteiger charge is 2.41. The van der Waals surface area contributed by atoms with E-state index in [9.17, 15) is 23.2 Å². The van der Waals surface area contributed by atoms with E-state index in [4.69, 9.17) is 0 Å². The van der Waals surface area contributed by atoms with Crippen LogP contribution >= 0.6 is 0 Å². The molecule has 0 bridgehead atoms. The van der Waals surface area contributed by atoms with Gasteiger partial charge in [-0.25, -0.2) is 8.78 Å². The lowest BCUT2D eigenvalue weighted by atomic mass is 10.0. The third kappa shape index (κ3) is 3.51. The molecule has 7 nitrogen and oxygen atoms in total. The molecule has 3 aliphatic rings. The molecule has 0 spiro atoms. The second-order valence-electron chi connectivity index (χ2n) is 7.54. The summed E-state index contributed by atoms with van der Waals surface area (Å²) in [5.41, 5.74) is 2.01. The Labute approximate surface area is 160 Å². The van der Waals surface area contributed by atoms with Crippen molar-refractivity contribution in [1.82, 2.24) is 20.9 Å². The van der Waals surface area contributed by atoms with Crippen molar-refractivity contribution in [2.45, 2.75) is 50.4 Å². The van der Waals surface area contributed by atoms with E-state index in [1.165, 1.54) is 4.90 Å². The molecule has 3 N–H and O–H groups in total. The van der Waals surface area contributed by atoms with Crippen LogP contribution in [0.25, 0.3) is 0 Å². The maximum Gasteiger partial charge on any atom is 0.265 e. The molecule has 9 heteroatoms. The molecule has 150 valence electrons. The Hall–Kier alpha value is -2.39. The van der Waals surface area contributed by atoms with Gasteiger partial charge in [-0.05, 0) is 23.6 Å². The zero-order chi connectivity index (χ0) is 19.9. The lowest BCUT2D eigenvalue weighted by Crippen LogP contribution is -2.55. The Morgan fingerprint density at radius 3 is 2.82 bits per heavy atom. The molecule has 0 aliphatic carbocycles. The van der Waals surface area contributed by atoms with E-state index in [0.717, 1.165) is 11.1 Å². The lowest BCUT2D eigenvalue weighted by Gasteiger charge is -2.32. The minimum Gasteiger partial charge on any atom is -0.322 e. The van der Waals surface area contributed by atoms with Crippen LogP contribution in [0.2, 0.25) is 0 Å². The van der Waals surface area contributed by atoms with Crippen LogP contribution < -0.4 is 16.0 Å². The fourth-order valence-electron chi connectivity index (χ4n) is 4.00. The minimum absolute atomic E-state index is 0.195. The monoisotopic (exact) mass is 392 g/mol. The number of rotatable bonds is 4. The van der Waals surface area contributed by atoms with Crippen LogP contribution in [-0.4, -0.2) is 53.7 Å². The Morgan fingerprint density at radius 2 is 2.07 bits per heavy atom. The molecular formula is C19H22F2N4O3. The van der Waals surface area contributed by atoms with Crippen LogP contribution in [0.5, 0.6) is 0 Å². The standard InChI is InChI=1S/C19H22F2N4O3/c20-19(21)5-6-22-9-15(19)23-8-11-1-2-12-10-25(18(28)13(12)7-11)14-3-4-16(26)24-17(14)27/h1-2,7,14-15,22-23H,3-6,8-10H2,(H,24,26,27). The summed E-state index contributed by atoms with van der Waals surface area (Å²) in [6.07, 6.45) is 0.312. The van der Waals surface area contributed by atoms with Gasteiger partial charge in [-0.15, -0.1) is 0 Å². The van der Waals surface area contributed by atoms with E-state index in [1.54, 1.807) is 12.1 Å². The lowest BCUT2D eigenvalue weighted by molar-refractivity contribution is -0.136. The highest BCUT2D eigenvalue weighted by molar-refractivity contribution is 6.05. The highest BCUT2D eigenvalue weighted by atomic mass is 19.3. The third-order valence-electron chi connectivity index (χ3n) is 5.64. The first-order valence-corrected chi connectivity index (χ1v) is 9.43. The van der Waals surface area contributed by atoms with Gasteiger partial charge in [-0.3, -0.25) is 19.7 Å². The summed E-state index contributed by atoms with van der Waals surface area (Å²) in [4.78, 5) is 37.7. The van der Waals surface area contributed by atoms with Crippen LogP contribution in [-0.2, 0) is 22.7 Å². The SMILES string of the molecule is O=C1CCC(N2Cc3ccc(CNC4CNCCC4(F)F)cc3C2=O)C(=O)N1.